The van der Waals surface area contributed by atoms with Crippen LogP contribution in [-0.4, -0.2) is 23.5 Å². The first-order valence-corrected chi connectivity index (χ1v) is 8.04. The number of nitrogens with two attached hydrogens (primary N) is 1. The molecule has 0 aromatic heterocycles. The van der Waals surface area contributed by atoms with Crippen molar-refractivity contribution in [1.82, 2.24) is 5.32 Å². The van der Waals surface area contributed by atoms with E-state index in [1.165, 1.54) is 12.0 Å². The van der Waals surface area contributed by atoms with Gasteiger partial charge in [-0.2, -0.15) is 11.8 Å². The molecule has 0 bridgehead atoms. The summed E-state index contributed by atoms with van der Waals surface area (Å²) in [5.41, 5.74) is 8.07. The van der Waals surface area contributed by atoms with Crippen LogP contribution in [0.2, 0.25) is 0 Å². The zero-order chi connectivity index (χ0) is 13.8. The van der Waals surface area contributed by atoms with Crippen LogP contribution >= 0.6 is 11.8 Å². The average Bonchev–Trinajstić information content (AvgIpc) is 2.86. The summed E-state index contributed by atoms with van der Waals surface area (Å²) < 4.78 is 0. The summed E-state index contributed by atoms with van der Waals surface area (Å²) in [6.07, 6.45) is 5.45. The molecule has 19 heavy (non-hydrogen) atoms. The van der Waals surface area contributed by atoms with Crippen LogP contribution in [0.3, 0.4) is 0 Å². The maximum Gasteiger partial charge on any atom is 0.241 e. The molecule has 4 heteroatoms. The van der Waals surface area contributed by atoms with Crippen LogP contribution in [-0.2, 0) is 4.79 Å². The van der Waals surface area contributed by atoms with E-state index in [1.807, 2.05) is 43.0 Å². The lowest BCUT2D eigenvalue weighted by Gasteiger charge is -2.17. The molecule has 1 amide bonds. The smallest absolute Gasteiger partial charge is 0.241 e. The van der Waals surface area contributed by atoms with E-state index in [4.69, 9.17) is 5.73 Å². The molecule has 1 aromatic rings. The summed E-state index contributed by atoms with van der Waals surface area (Å²) in [7, 11) is 0. The van der Waals surface area contributed by atoms with Crippen LogP contribution in [0.5, 0.6) is 0 Å². The van der Waals surface area contributed by atoms with Crippen molar-refractivity contribution in [2.45, 2.75) is 43.5 Å². The number of thioether (sulfide) groups is 1. The predicted molar refractivity (Wildman–Crippen MR) is 81.2 cm³/mol. The van der Waals surface area contributed by atoms with Gasteiger partial charge in [-0.25, -0.2) is 0 Å². The zero-order valence-electron chi connectivity index (χ0n) is 11.6. The first-order valence-electron chi connectivity index (χ1n) is 6.75. The van der Waals surface area contributed by atoms with E-state index in [0.29, 0.717) is 11.3 Å². The van der Waals surface area contributed by atoms with Crippen molar-refractivity contribution in [1.29, 1.82) is 0 Å². The molecule has 0 aliphatic heterocycles. The molecule has 1 aliphatic carbocycles. The number of benzene rings is 1. The lowest BCUT2D eigenvalue weighted by Crippen LogP contribution is -2.39. The number of hydrogen-bond donors (Lipinski definition) is 2. The number of amides is 1. The van der Waals surface area contributed by atoms with Crippen LogP contribution in [0.1, 0.15) is 36.4 Å². The van der Waals surface area contributed by atoms with Gasteiger partial charge in [0.1, 0.15) is 6.04 Å². The molecule has 0 saturated heterocycles. The number of nitrogens with one attached hydrogen (secondary N) is 1. The summed E-state index contributed by atoms with van der Waals surface area (Å²) in [5, 5.41) is 3.76. The number of aryl methyl sites for hydroxylation is 1. The Hall–Kier alpha value is -1.00. The standard InChI is InChI=1S/C15H22N2OS/c1-10-3-5-11(6-4-10)14(16)15(18)17-12-7-8-13(9-12)19-2/h3-6,12-14H,7-9,16H2,1-2H3,(H,17,18). The third kappa shape index (κ3) is 3.74. The molecular formula is C15H22N2OS. The molecule has 3 unspecified atom stereocenters. The minimum Gasteiger partial charge on any atom is -0.352 e. The van der Waals surface area contributed by atoms with E-state index in [0.717, 1.165) is 18.4 Å². The topological polar surface area (TPSA) is 55.1 Å². The molecule has 0 radical (unpaired) electrons. The van der Waals surface area contributed by atoms with Gasteiger partial charge in [0.05, 0.1) is 0 Å². The fourth-order valence-corrected chi connectivity index (χ4v) is 3.30. The minimum absolute atomic E-state index is 0.0596. The van der Waals surface area contributed by atoms with Crippen molar-refractivity contribution in [2.24, 2.45) is 5.73 Å². The van der Waals surface area contributed by atoms with Crippen molar-refractivity contribution in [2.75, 3.05) is 6.26 Å². The maximum atomic E-state index is 12.1. The van der Waals surface area contributed by atoms with Gasteiger partial charge in [0.15, 0.2) is 0 Å². The Kier molecular flexibility index (Phi) is 4.88. The number of carbonyl (C=O) groups excluding carboxylic acids is 1. The van der Waals surface area contributed by atoms with E-state index < -0.39 is 6.04 Å². The van der Waals surface area contributed by atoms with Gasteiger partial charge in [0, 0.05) is 11.3 Å². The molecule has 1 aromatic carbocycles. The summed E-state index contributed by atoms with van der Waals surface area (Å²) in [5.74, 6) is -0.0596. The van der Waals surface area contributed by atoms with Gasteiger partial charge < -0.3 is 11.1 Å². The second-order valence-electron chi connectivity index (χ2n) is 5.26. The van der Waals surface area contributed by atoms with Gasteiger partial charge in [-0.15, -0.1) is 0 Å². The SMILES string of the molecule is CSC1CCC(NC(=O)C(N)c2ccc(C)cc2)C1. The van der Waals surface area contributed by atoms with E-state index in [1.54, 1.807) is 0 Å². The van der Waals surface area contributed by atoms with E-state index in [2.05, 4.69) is 11.6 Å². The third-order valence-corrected chi connectivity index (χ3v) is 4.88. The van der Waals surface area contributed by atoms with Crippen LogP contribution in [0.15, 0.2) is 24.3 Å². The van der Waals surface area contributed by atoms with E-state index in [9.17, 15) is 4.79 Å². The lowest BCUT2D eigenvalue weighted by atomic mass is 10.0. The molecular weight excluding hydrogens is 256 g/mol. The predicted octanol–water partition coefficient (Wildman–Crippen LogP) is 2.40. The number of rotatable bonds is 4. The van der Waals surface area contributed by atoms with Crippen molar-refractivity contribution >= 4 is 17.7 Å². The Morgan fingerprint density at radius 1 is 1.37 bits per heavy atom. The minimum atomic E-state index is -0.561. The Morgan fingerprint density at radius 2 is 2.05 bits per heavy atom. The fourth-order valence-electron chi connectivity index (χ4n) is 2.50. The maximum absolute atomic E-state index is 12.1. The molecule has 1 saturated carbocycles. The summed E-state index contributed by atoms with van der Waals surface area (Å²) in [6, 6.07) is 7.57. The van der Waals surface area contributed by atoms with Crippen LogP contribution in [0.4, 0.5) is 0 Å². The largest absolute Gasteiger partial charge is 0.352 e. The molecule has 3 nitrogen and oxygen atoms in total. The normalized spacial score (nSPS) is 24.2. The van der Waals surface area contributed by atoms with Gasteiger partial charge in [0.25, 0.3) is 0 Å². The second kappa shape index (κ2) is 6.44. The number of carbonyl (C=O) groups is 1. The van der Waals surface area contributed by atoms with Crippen molar-refractivity contribution < 1.29 is 4.79 Å². The van der Waals surface area contributed by atoms with Crippen LogP contribution in [0.25, 0.3) is 0 Å². The lowest BCUT2D eigenvalue weighted by molar-refractivity contribution is -0.123. The van der Waals surface area contributed by atoms with Crippen molar-refractivity contribution in [3.63, 3.8) is 0 Å². The molecule has 0 heterocycles. The van der Waals surface area contributed by atoms with Gasteiger partial charge in [-0.3, -0.25) is 4.79 Å². The highest BCUT2D eigenvalue weighted by Gasteiger charge is 2.27. The summed E-state index contributed by atoms with van der Waals surface area (Å²) in [4.78, 5) is 12.1. The molecule has 104 valence electrons. The zero-order valence-corrected chi connectivity index (χ0v) is 12.4. The molecule has 3 atom stereocenters. The Bertz CT molecular complexity index is 432. The average molecular weight is 278 g/mol. The summed E-state index contributed by atoms with van der Waals surface area (Å²) in [6.45, 7) is 2.02. The van der Waals surface area contributed by atoms with E-state index in [-0.39, 0.29) is 5.91 Å². The Labute approximate surface area is 119 Å². The number of hydrogen-bond acceptors (Lipinski definition) is 3. The van der Waals surface area contributed by atoms with Crippen molar-refractivity contribution in [3.05, 3.63) is 35.4 Å². The third-order valence-electron chi connectivity index (χ3n) is 3.78. The highest BCUT2D eigenvalue weighted by Crippen LogP contribution is 2.28. The highest BCUT2D eigenvalue weighted by molar-refractivity contribution is 7.99. The first kappa shape index (κ1) is 14.4. The van der Waals surface area contributed by atoms with E-state index >= 15 is 0 Å². The molecule has 2 rings (SSSR count). The quantitative estimate of drug-likeness (QED) is 0.889. The van der Waals surface area contributed by atoms with Crippen molar-refractivity contribution in [3.8, 4) is 0 Å². The van der Waals surface area contributed by atoms with Gasteiger partial charge in [-0.05, 0) is 38.0 Å². The second-order valence-corrected chi connectivity index (χ2v) is 6.40. The molecule has 1 fully saturated rings. The first-order chi connectivity index (χ1) is 9.10. The monoisotopic (exact) mass is 278 g/mol. The van der Waals surface area contributed by atoms with Gasteiger partial charge in [-0.1, -0.05) is 29.8 Å². The Morgan fingerprint density at radius 3 is 2.63 bits per heavy atom. The van der Waals surface area contributed by atoms with Crippen LogP contribution < -0.4 is 11.1 Å². The summed E-state index contributed by atoms with van der Waals surface area (Å²) >= 11 is 1.89. The van der Waals surface area contributed by atoms with Crippen LogP contribution in [0, 0.1) is 6.92 Å². The highest BCUT2D eigenvalue weighted by atomic mass is 32.2. The van der Waals surface area contributed by atoms with Gasteiger partial charge >= 0.3 is 0 Å². The van der Waals surface area contributed by atoms with Gasteiger partial charge in [0.2, 0.25) is 5.91 Å². The molecule has 1 aliphatic rings. The molecule has 0 spiro atoms. The molecule has 3 N–H and O–H groups in total. The fraction of sp³-hybridized carbons (Fsp3) is 0.533. The Balaban J connectivity index is 1.91.